The molecule has 0 spiro atoms. The van der Waals surface area contributed by atoms with Crippen molar-refractivity contribution in [2.24, 2.45) is 0 Å². The van der Waals surface area contributed by atoms with Crippen LogP contribution in [-0.4, -0.2) is 15.9 Å². The fraction of sp³-hybridized carbons (Fsp3) is 0.167. The average Bonchev–Trinajstić information content (AvgIpc) is 2.96. The lowest BCUT2D eigenvalue weighted by Gasteiger charge is -2.07. The summed E-state index contributed by atoms with van der Waals surface area (Å²) in [4.78, 5) is 19.7. The molecule has 0 aliphatic rings. The third-order valence-corrected chi connectivity index (χ3v) is 3.63. The monoisotopic (exact) mass is 343 g/mol. The van der Waals surface area contributed by atoms with Gasteiger partial charge < -0.3 is 9.73 Å². The summed E-state index contributed by atoms with van der Waals surface area (Å²) in [7, 11) is 0. The topological polar surface area (TPSA) is 68.0 Å². The first kappa shape index (κ1) is 16.8. The summed E-state index contributed by atoms with van der Waals surface area (Å²) >= 11 is 0. The standard InChI is InChI=1S/C18H15F2N3O2/c1-3-15-22-10(2)17(25-15)11-4-6-12(7-5-11)23-18(24)16-13(19)8-21-9-14(16)20/h4-9H,3H2,1-2H3,(H,23,24). The lowest BCUT2D eigenvalue weighted by molar-refractivity contribution is 0.101. The Balaban J connectivity index is 1.81. The molecule has 3 aromatic rings. The number of benzene rings is 1. The second kappa shape index (κ2) is 6.80. The highest BCUT2D eigenvalue weighted by Gasteiger charge is 2.18. The minimum absolute atomic E-state index is 0.400. The minimum atomic E-state index is -1.02. The van der Waals surface area contributed by atoms with E-state index in [-0.39, 0.29) is 0 Å². The van der Waals surface area contributed by atoms with Gasteiger partial charge in [-0.05, 0) is 31.2 Å². The summed E-state index contributed by atoms with van der Waals surface area (Å²) in [5.41, 5.74) is 1.30. The van der Waals surface area contributed by atoms with Crippen LogP contribution in [0.4, 0.5) is 14.5 Å². The zero-order chi connectivity index (χ0) is 18.0. The molecule has 128 valence electrons. The van der Waals surface area contributed by atoms with E-state index in [1.807, 2.05) is 13.8 Å². The molecule has 0 radical (unpaired) electrons. The number of pyridine rings is 1. The van der Waals surface area contributed by atoms with Crippen LogP contribution in [0.5, 0.6) is 0 Å². The molecule has 0 aliphatic heterocycles. The van der Waals surface area contributed by atoms with E-state index >= 15 is 0 Å². The molecule has 2 aromatic heterocycles. The van der Waals surface area contributed by atoms with Gasteiger partial charge in [-0.15, -0.1) is 0 Å². The minimum Gasteiger partial charge on any atom is -0.440 e. The van der Waals surface area contributed by atoms with Crippen LogP contribution in [-0.2, 0) is 6.42 Å². The predicted molar refractivity (Wildman–Crippen MR) is 88.2 cm³/mol. The van der Waals surface area contributed by atoms with Gasteiger partial charge in [0.05, 0.1) is 18.1 Å². The zero-order valence-corrected chi connectivity index (χ0v) is 13.6. The molecule has 3 rings (SSSR count). The molecule has 7 heteroatoms. The second-order valence-electron chi connectivity index (χ2n) is 5.39. The largest absolute Gasteiger partial charge is 0.440 e. The molecule has 5 nitrogen and oxygen atoms in total. The van der Waals surface area contributed by atoms with Gasteiger partial charge in [0.2, 0.25) is 0 Å². The van der Waals surface area contributed by atoms with Crippen molar-refractivity contribution in [3.63, 3.8) is 0 Å². The van der Waals surface area contributed by atoms with Gasteiger partial charge in [-0.2, -0.15) is 0 Å². The van der Waals surface area contributed by atoms with Gasteiger partial charge in [0, 0.05) is 17.7 Å². The molecule has 0 fully saturated rings. The maximum Gasteiger partial charge on any atom is 0.261 e. The number of carbonyl (C=O) groups excluding carboxylic acids is 1. The molecule has 0 bridgehead atoms. The van der Waals surface area contributed by atoms with E-state index in [1.54, 1.807) is 24.3 Å². The van der Waals surface area contributed by atoms with E-state index in [9.17, 15) is 13.6 Å². The summed E-state index contributed by atoms with van der Waals surface area (Å²) in [6.45, 7) is 3.80. The fourth-order valence-corrected chi connectivity index (χ4v) is 2.40. The number of hydrogen-bond donors (Lipinski definition) is 1. The molecule has 0 aliphatic carbocycles. The number of rotatable bonds is 4. The molecule has 25 heavy (non-hydrogen) atoms. The van der Waals surface area contributed by atoms with E-state index in [0.717, 1.165) is 23.7 Å². The maximum absolute atomic E-state index is 13.6. The molecule has 0 unspecified atom stereocenters. The van der Waals surface area contributed by atoms with Crippen molar-refractivity contribution in [3.05, 3.63) is 65.4 Å². The van der Waals surface area contributed by atoms with Crippen LogP contribution < -0.4 is 5.32 Å². The maximum atomic E-state index is 13.6. The molecule has 0 saturated carbocycles. The first-order chi connectivity index (χ1) is 12.0. The van der Waals surface area contributed by atoms with Crippen molar-refractivity contribution in [3.8, 4) is 11.3 Å². The smallest absolute Gasteiger partial charge is 0.261 e. The van der Waals surface area contributed by atoms with Gasteiger partial charge in [0.25, 0.3) is 5.91 Å². The number of nitrogens with zero attached hydrogens (tertiary/aromatic N) is 2. The van der Waals surface area contributed by atoms with Crippen molar-refractivity contribution in [2.45, 2.75) is 20.3 Å². The van der Waals surface area contributed by atoms with Gasteiger partial charge in [-0.1, -0.05) is 6.92 Å². The van der Waals surface area contributed by atoms with Crippen LogP contribution in [0.3, 0.4) is 0 Å². The van der Waals surface area contributed by atoms with Crippen LogP contribution in [0.15, 0.2) is 41.1 Å². The quantitative estimate of drug-likeness (QED) is 0.773. The van der Waals surface area contributed by atoms with Gasteiger partial charge in [0.15, 0.2) is 23.3 Å². The van der Waals surface area contributed by atoms with Gasteiger partial charge in [-0.25, -0.2) is 13.8 Å². The van der Waals surface area contributed by atoms with E-state index in [4.69, 9.17) is 4.42 Å². The molecule has 1 N–H and O–H groups in total. The molecule has 1 aromatic carbocycles. The van der Waals surface area contributed by atoms with Crippen molar-refractivity contribution >= 4 is 11.6 Å². The number of carbonyl (C=O) groups is 1. The number of oxazole rings is 1. The highest BCUT2D eigenvalue weighted by Crippen LogP contribution is 2.26. The van der Waals surface area contributed by atoms with Gasteiger partial charge >= 0.3 is 0 Å². The summed E-state index contributed by atoms with van der Waals surface area (Å²) in [5.74, 6) is -1.61. The first-order valence-electron chi connectivity index (χ1n) is 7.66. The highest BCUT2D eigenvalue weighted by molar-refractivity contribution is 6.04. The average molecular weight is 343 g/mol. The number of anilines is 1. The third kappa shape index (κ3) is 3.40. The zero-order valence-electron chi connectivity index (χ0n) is 13.6. The summed E-state index contributed by atoms with van der Waals surface area (Å²) in [6, 6.07) is 6.72. The number of aryl methyl sites for hydroxylation is 2. The predicted octanol–water partition coefficient (Wildman–Crippen LogP) is 4.14. The number of halogens is 2. The Morgan fingerprint density at radius 3 is 2.36 bits per heavy atom. The molecule has 0 saturated heterocycles. The van der Waals surface area contributed by atoms with Crippen molar-refractivity contribution < 1.29 is 18.0 Å². The lowest BCUT2D eigenvalue weighted by Crippen LogP contribution is -2.16. The number of aromatic nitrogens is 2. The fourth-order valence-electron chi connectivity index (χ4n) is 2.40. The Kier molecular flexibility index (Phi) is 4.56. The number of amides is 1. The normalized spacial score (nSPS) is 10.7. The van der Waals surface area contributed by atoms with E-state index in [0.29, 0.717) is 23.8 Å². The summed E-state index contributed by atoms with van der Waals surface area (Å²) < 4.78 is 32.8. The Labute approximate surface area is 142 Å². The Morgan fingerprint density at radius 1 is 1.16 bits per heavy atom. The molecule has 2 heterocycles. The van der Waals surface area contributed by atoms with Crippen LogP contribution in [0.1, 0.15) is 28.9 Å². The third-order valence-electron chi connectivity index (χ3n) is 3.63. The first-order valence-corrected chi connectivity index (χ1v) is 7.66. The van der Waals surface area contributed by atoms with Crippen molar-refractivity contribution in [1.82, 2.24) is 9.97 Å². The van der Waals surface area contributed by atoms with Crippen LogP contribution >= 0.6 is 0 Å². The van der Waals surface area contributed by atoms with Gasteiger partial charge in [-0.3, -0.25) is 9.78 Å². The van der Waals surface area contributed by atoms with Crippen LogP contribution in [0.25, 0.3) is 11.3 Å². The van der Waals surface area contributed by atoms with Gasteiger partial charge in [0.1, 0.15) is 5.56 Å². The summed E-state index contributed by atoms with van der Waals surface area (Å²) in [6.07, 6.45) is 2.27. The number of nitrogens with one attached hydrogen (secondary N) is 1. The van der Waals surface area contributed by atoms with E-state index in [2.05, 4.69) is 15.3 Å². The van der Waals surface area contributed by atoms with Crippen molar-refractivity contribution in [1.29, 1.82) is 0 Å². The van der Waals surface area contributed by atoms with Crippen LogP contribution in [0, 0.1) is 18.6 Å². The van der Waals surface area contributed by atoms with Crippen molar-refractivity contribution in [2.75, 3.05) is 5.32 Å². The second-order valence-corrected chi connectivity index (χ2v) is 5.39. The Bertz CT molecular complexity index is 900. The number of hydrogen-bond acceptors (Lipinski definition) is 4. The molecular formula is C18H15F2N3O2. The molecular weight excluding hydrogens is 328 g/mol. The Morgan fingerprint density at radius 2 is 1.80 bits per heavy atom. The lowest BCUT2D eigenvalue weighted by atomic mass is 10.1. The SMILES string of the molecule is CCc1nc(C)c(-c2ccc(NC(=O)c3c(F)cncc3F)cc2)o1. The van der Waals surface area contributed by atoms with E-state index < -0.39 is 23.1 Å². The van der Waals surface area contributed by atoms with E-state index in [1.165, 1.54) is 0 Å². The Hall–Kier alpha value is -3.09. The highest BCUT2D eigenvalue weighted by atomic mass is 19.1. The molecule has 0 atom stereocenters. The summed E-state index contributed by atoms with van der Waals surface area (Å²) in [5, 5.41) is 2.46. The molecule has 1 amide bonds. The van der Waals surface area contributed by atoms with Crippen LogP contribution in [0.2, 0.25) is 0 Å².